The molecular weight excluding hydrogens is 434 g/mol. The maximum Gasteiger partial charge on any atom is 0.279 e. The third-order valence-electron chi connectivity index (χ3n) is 4.75. The highest BCUT2D eigenvalue weighted by atomic mass is 32.2. The summed E-state index contributed by atoms with van der Waals surface area (Å²) in [5.41, 5.74) is 1.29. The summed E-state index contributed by atoms with van der Waals surface area (Å²) in [4.78, 5) is 17.6. The fraction of sp³-hybridized carbons (Fsp3) is 0.364. The van der Waals surface area contributed by atoms with Crippen LogP contribution in [-0.4, -0.2) is 25.5 Å². The lowest BCUT2D eigenvalue weighted by molar-refractivity contribution is 0.0997. The van der Waals surface area contributed by atoms with Crippen molar-refractivity contribution in [3.05, 3.63) is 52.8 Å². The summed E-state index contributed by atoms with van der Waals surface area (Å²) in [5.74, 6) is 0.367. The minimum atomic E-state index is -3.80. The Morgan fingerprint density at radius 3 is 2.48 bits per heavy atom. The molecule has 0 aliphatic carbocycles. The Morgan fingerprint density at radius 2 is 1.84 bits per heavy atom. The third kappa shape index (κ3) is 5.81. The van der Waals surface area contributed by atoms with Crippen molar-refractivity contribution in [3.63, 3.8) is 0 Å². The number of sulfonamides is 1. The molecule has 0 atom stereocenters. The molecule has 0 bridgehead atoms. The van der Waals surface area contributed by atoms with Crippen LogP contribution in [0.5, 0.6) is 5.75 Å². The van der Waals surface area contributed by atoms with Gasteiger partial charge >= 0.3 is 0 Å². The average Bonchev–Trinajstić information content (AvgIpc) is 3.07. The van der Waals surface area contributed by atoms with Crippen molar-refractivity contribution in [1.82, 2.24) is 4.57 Å². The second-order valence-electron chi connectivity index (χ2n) is 7.21. The number of carbonyl (C=O) groups is 1. The van der Waals surface area contributed by atoms with Crippen molar-refractivity contribution in [2.75, 3.05) is 6.61 Å². The van der Waals surface area contributed by atoms with Crippen molar-refractivity contribution in [2.24, 2.45) is 10.1 Å². The number of unbranched alkanes of at least 4 members (excludes halogenated alkanes) is 2. The molecule has 0 spiro atoms. The molecule has 31 heavy (non-hydrogen) atoms. The number of thiazole rings is 1. The number of fused-ring (bicyclic) bond motifs is 1. The van der Waals surface area contributed by atoms with Gasteiger partial charge < -0.3 is 9.30 Å². The van der Waals surface area contributed by atoms with Crippen LogP contribution in [0.3, 0.4) is 0 Å². The topological polar surface area (TPSA) is 104 Å². The first kappa shape index (κ1) is 23.2. The maximum atomic E-state index is 12.8. The van der Waals surface area contributed by atoms with Gasteiger partial charge in [-0.05, 0) is 55.3 Å². The van der Waals surface area contributed by atoms with E-state index in [2.05, 4.69) is 11.9 Å². The Hall–Kier alpha value is -2.49. The van der Waals surface area contributed by atoms with Gasteiger partial charge in [0.2, 0.25) is 10.0 Å². The number of rotatable bonds is 9. The maximum absolute atomic E-state index is 12.8. The number of primary sulfonamides is 1. The van der Waals surface area contributed by atoms with Crippen LogP contribution in [0.2, 0.25) is 0 Å². The van der Waals surface area contributed by atoms with Gasteiger partial charge in [0.1, 0.15) is 5.75 Å². The molecule has 0 saturated heterocycles. The van der Waals surface area contributed by atoms with Gasteiger partial charge in [-0.1, -0.05) is 38.0 Å². The zero-order valence-electron chi connectivity index (χ0n) is 17.7. The number of nitrogens with zero attached hydrogens (tertiary/aromatic N) is 2. The molecule has 0 aliphatic heterocycles. The average molecular weight is 462 g/mol. The molecule has 1 heterocycles. The molecule has 1 aromatic heterocycles. The van der Waals surface area contributed by atoms with E-state index in [1.54, 1.807) is 30.3 Å². The second-order valence-corrected chi connectivity index (χ2v) is 9.78. The van der Waals surface area contributed by atoms with Crippen molar-refractivity contribution in [2.45, 2.75) is 51.0 Å². The summed E-state index contributed by atoms with van der Waals surface area (Å²) >= 11 is 1.27. The first-order chi connectivity index (χ1) is 14.8. The van der Waals surface area contributed by atoms with Gasteiger partial charge in [0.05, 0.1) is 21.7 Å². The van der Waals surface area contributed by atoms with E-state index in [-0.39, 0.29) is 10.8 Å². The Morgan fingerprint density at radius 1 is 1.10 bits per heavy atom. The Balaban J connectivity index is 1.90. The number of carbonyl (C=O) groups excluding carboxylic acids is 1. The number of nitrogens with two attached hydrogens (primary N) is 1. The number of benzene rings is 2. The van der Waals surface area contributed by atoms with Crippen LogP contribution in [-0.2, 0) is 16.6 Å². The monoisotopic (exact) mass is 461 g/mol. The molecule has 0 radical (unpaired) electrons. The Labute approximate surface area is 186 Å². The summed E-state index contributed by atoms with van der Waals surface area (Å²) in [5, 5.41) is 5.25. The molecule has 0 aliphatic rings. The van der Waals surface area contributed by atoms with Gasteiger partial charge in [-0.3, -0.25) is 4.79 Å². The van der Waals surface area contributed by atoms with Gasteiger partial charge in [0.25, 0.3) is 5.91 Å². The molecule has 1 amide bonds. The standard InChI is InChI=1S/C22H27N3O4S2/c1-3-5-6-14-29-17-9-7-16(8-10-17)21(26)24-22-25(13-4-2)19-12-11-18(31(23,27)28)15-20(19)30-22/h7-12,15H,3-6,13-14H2,1-2H3,(H2,23,27,28). The largest absolute Gasteiger partial charge is 0.494 e. The van der Waals surface area contributed by atoms with Gasteiger partial charge in [0.15, 0.2) is 4.80 Å². The van der Waals surface area contributed by atoms with Crippen LogP contribution < -0.4 is 14.7 Å². The highest BCUT2D eigenvalue weighted by Crippen LogP contribution is 2.22. The van der Waals surface area contributed by atoms with E-state index in [1.807, 2.05) is 11.5 Å². The normalized spacial score (nSPS) is 12.4. The van der Waals surface area contributed by atoms with Crippen LogP contribution in [0.1, 0.15) is 49.9 Å². The molecular formula is C22H27N3O4S2. The molecule has 9 heteroatoms. The molecule has 0 unspecified atom stereocenters. The lowest BCUT2D eigenvalue weighted by Gasteiger charge is -2.06. The van der Waals surface area contributed by atoms with Crippen molar-refractivity contribution in [3.8, 4) is 5.75 Å². The number of amides is 1. The predicted octanol–water partition coefficient (Wildman–Crippen LogP) is 4.07. The predicted molar refractivity (Wildman–Crippen MR) is 123 cm³/mol. The van der Waals surface area contributed by atoms with E-state index in [9.17, 15) is 13.2 Å². The van der Waals surface area contributed by atoms with Crippen molar-refractivity contribution in [1.29, 1.82) is 0 Å². The van der Waals surface area contributed by atoms with Crippen LogP contribution in [0.15, 0.2) is 52.4 Å². The smallest absolute Gasteiger partial charge is 0.279 e. The van der Waals surface area contributed by atoms with E-state index in [0.717, 1.165) is 36.9 Å². The van der Waals surface area contributed by atoms with E-state index >= 15 is 0 Å². The van der Waals surface area contributed by atoms with Gasteiger partial charge in [-0.15, -0.1) is 0 Å². The van der Waals surface area contributed by atoms with Crippen LogP contribution >= 0.6 is 11.3 Å². The fourth-order valence-corrected chi connectivity index (χ4v) is 4.85. The Kier molecular flexibility index (Phi) is 7.64. The highest BCUT2D eigenvalue weighted by Gasteiger charge is 2.13. The third-order valence-corrected chi connectivity index (χ3v) is 6.70. The van der Waals surface area contributed by atoms with E-state index < -0.39 is 10.0 Å². The fourth-order valence-electron chi connectivity index (χ4n) is 3.14. The summed E-state index contributed by atoms with van der Waals surface area (Å²) in [6, 6.07) is 11.7. The van der Waals surface area contributed by atoms with Crippen molar-refractivity contribution < 1.29 is 17.9 Å². The van der Waals surface area contributed by atoms with E-state index in [1.165, 1.54) is 23.5 Å². The van der Waals surface area contributed by atoms with Crippen LogP contribution in [0.25, 0.3) is 10.2 Å². The zero-order valence-corrected chi connectivity index (χ0v) is 19.3. The number of ether oxygens (including phenoxy) is 1. The van der Waals surface area contributed by atoms with E-state index in [0.29, 0.717) is 28.2 Å². The van der Waals surface area contributed by atoms with Crippen LogP contribution in [0, 0.1) is 0 Å². The summed E-state index contributed by atoms with van der Waals surface area (Å²) < 4.78 is 31.7. The van der Waals surface area contributed by atoms with Gasteiger partial charge in [-0.25, -0.2) is 13.6 Å². The molecule has 166 valence electrons. The lowest BCUT2D eigenvalue weighted by atomic mass is 10.2. The second kappa shape index (κ2) is 10.2. The molecule has 2 aromatic carbocycles. The molecule has 0 saturated carbocycles. The number of hydrogen-bond acceptors (Lipinski definition) is 5. The molecule has 3 rings (SSSR count). The first-order valence-electron chi connectivity index (χ1n) is 10.3. The van der Waals surface area contributed by atoms with Crippen molar-refractivity contribution >= 4 is 37.5 Å². The summed E-state index contributed by atoms with van der Waals surface area (Å²) in [7, 11) is -3.80. The molecule has 7 nitrogen and oxygen atoms in total. The zero-order chi connectivity index (χ0) is 22.4. The number of aromatic nitrogens is 1. The van der Waals surface area contributed by atoms with Crippen LogP contribution in [0.4, 0.5) is 0 Å². The van der Waals surface area contributed by atoms with Gasteiger partial charge in [-0.2, -0.15) is 4.99 Å². The minimum Gasteiger partial charge on any atom is -0.494 e. The Bertz CT molecular complexity index is 1230. The highest BCUT2D eigenvalue weighted by molar-refractivity contribution is 7.89. The lowest BCUT2D eigenvalue weighted by Crippen LogP contribution is -2.17. The SMILES string of the molecule is CCCCCOc1ccc(C(=O)N=c2sc3cc(S(N)(=O)=O)ccc3n2CCC)cc1. The number of hydrogen-bond donors (Lipinski definition) is 1. The molecule has 2 N–H and O–H groups in total. The number of aryl methyl sites for hydroxylation is 1. The van der Waals surface area contributed by atoms with Gasteiger partial charge in [0, 0.05) is 12.1 Å². The summed E-state index contributed by atoms with van der Waals surface area (Å²) in [6.07, 6.45) is 4.11. The van der Waals surface area contributed by atoms with E-state index in [4.69, 9.17) is 9.88 Å². The first-order valence-corrected chi connectivity index (χ1v) is 12.7. The molecule has 0 fully saturated rings. The minimum absolute atomic E-state index is 0.0392. The molecule has 3 aromatic rings. The summed E-state index contributed by atoms with van der Waals surface area (Å²) in [6.45, 7) is 5.49. The quantitative estimate of drug-likeness (QED) is 0.485.